The lowest BCUT2D eigenvalue weighted by atomic mass is 10.2. The first kappa shape index (κ1) is 7.05. The first-order chi connectivity index (χ1) is 5.90. The van der Waals surface area contributed by atoms with Crippen LogP contribution >= 0.6 is 0 Å². The van der Waals surface area contributed by atoms with Crippen molar-refractivity contribution in [3.05, 3.63) is 34.8 Å². The number of nitrogens with zero attached hydrogens (tertiary/aromatic N) is 2. The van der Waals surface area contributed by atoms with Gasteiger partial charge in [-0.15, -0.1) is 0 Å². The van der Waals surface area contributed by atoms with E-state index in [-0.39, 0.29) is 6.04 Å². The Labute approximate surface area is 70.5 Å². The summed E-state index contributed by atoms with van der Waals surface area (Å²) in [6.07, 6.45) is 2.52. The Morgan fingerprint density at radius 2 is 2.25 bits per heavy atom. The molecule has 0 bridgehead atoms. The second-order valence-electron chi connectivity index (χ2n) is 2.78. The maximum absolute atomic E-state index is 8.48. The molecule has 0 saturated carbocycles. The van der Waals surface area contributed by atoms with Crippen LogP contribution in [0.3, 0.4) is 0 Å². The molecule has 2 nitrogen and oxygen atoms in total. The van der Waals surface area contributed by atoms with Crippen LogP contribution < -0.4 is 10.6 Å². The zero-order valence-corrected chi connectivity index (χ0v) is 6.57. The van der Waals surface area contributed by atoms with E-state index >= 15 is 0 Å². The smallest absolute Gasteiger partial charge is 0.0826 e. The van der Waals surface area contributed by atoms with E-state index in [1.807, 2.05) is 30.3 Å². The average Bonchev–Trinajstić information content (AvgIpc) is 2.47. The largest absolute Gasteiger partial charge is 0.276 e. The fourth-order valence-electron chi connectivity index (χ4n) is 1.37. The van der Waals surface area contributed by atoms with Gasteiger partial charge < -0.3 is 0 Å². The van der Waals surface area contributed by atoms with Gasteiger partial charge in [0.1, 0.15) is 0 Å². The summed E-state index contributed by atoms with van der Waals surface area (Å²) in [6, 6.07) is 10.1. The second kappa shape index (κ2) is 2.78. The molecule has 12 heavy (non-hydrogen) atoms. The summed E-state index contributed by atoms with van der Waals surface area (Å²) < 4.78 is 0. The van der Waals surface area contributed by atoms with E-state index in [1.165, 1.54) is 0 Å². The zero-order valence-electron chi connectivity index (χ0n) is 6.57. The molecule has 1 aliphatic heterocycles. The Morgan fingerprint density at radius 1 is 1.42 bits per heavy atom. The maximum Gasteiger partial charge on any atom is 0.0826 e. The fourth-order valence-corrected chi connectivity index (χ4v) is 1.37. The highest BCUT2D eigenvalue weighted by Crippen LogP contribution is 1.99. The second-order valence-corrected chi connectivity index (χ2v) is 2.78. The summed E-state index contributed by atoms with van der Waals surface area (Å²) in [5.74, 6) is 0. The van der Waals surface area contributed by atoms with Crippen molar-refractivity contribution in [3.63, 3.8) is 0 Å². The quantitative estimate of drug-likeness (QED) is 0.579. The van der Waals surface area contributed by atoms with Crippen LogP contribution in [0.15, 0.2) is 29.3 Å². The van der Waals surface area contributed by atoms with Gasteiger partial charge in [-0.05, 0) is 17.4 Å². The minimum Gasteiger partial charge on any atom is -0.276 e. The summed E-state index contributed by atoms with van der Waals surface area (Å²) in [6.45, 7) is 0. The predicted molar refractivity (Wildman–Crippen MR) is 45.7 cm³/mol. The molecule has 58 valence electrons. The first-order valence-electron chi connectivity index (χ1n) is 3.92. The molecule has 1 aromatic carbocycles. The van der Waals surface area contributed by atoms with Gasteiger partial charge in [-0.1, -0.05) is 18.2 Å². The molecule has 0 amide bonds. The summed E-state index contributed by atoms with van der Waals surface area (Å²) in [5.41, 5.74) is 0. The van der Waals surface area contributed by atoms with Gasteiger partial charge in [0.15, 0.2) is 0 Å². The van der Waals surface area contributed by atoms with Crippen molar-refractivity contribution in [2.45, 2.75) is 12.5 Å². The molecule has 1 aliphatic rings. The van der Waals surface area contributed by atoms with Crippen LogP contribution in [0.5, 0.6) is 0 Å². The molecule has 0 aliphatic carbocycles. The molecule has 2 rings (SSSR count). The number of nitriles is 1. The molecule has 0 spiro atoms. The molecule has 1 atom stereocenters. The number of hydrogen-bond acceptors (Lipinski definition) is 2. The van der Waals surface area contributed by atoms with Crippen molar-refractivity contribution in [1.29, 1.82) is 5.26 Å². The first-order valence-corrected chi connectivity index (χ1v) is 3.92. The molecular formula is C10H8N2. The molecular weight excluding hydrogens is 148 g/mol. The Hall–Kier alpha value is -1.62. The summed E-state index contributed by atoms with van der Waals surface area (Å²) in [4.78, 5) is 4.36. The molecule has 1 aromatic rings. The third-order valence-corrected chi connectivity index (χ3v) is 1.91. The van der Waals surface area contributed by atoms with Crippen molar-refractivity contribution < 1.29 is 0 Å². The molecule has 1 heterocycles. The maximum atomic E-state index is 8.48. The number of rotatable bonds is 1. The van der Waals surface area contributed by atoms with Gasteiger partial charge in [-0.25, -0.2) is 0 Å². The number of fused-ring (bicyclic) bond motifs is 1. The third-order valence-electron chi connectivity index (χ3n) is 1.91. The highest BCUT2D eigenvalue weighted by Gasteiger charge is 2.06. The molecule has 0 N–H and O–H groups in total. The molecule has 0 saturated heterocycles. The van der Waals surface area contributed by atoms with Gasteiger partial charge in [-0.3, -0.25) is 4.99 Å². The molecule has 1 unspecified atom stereocenters. The van der Waals surface area contributed by atoms with Crippen LogP contribution in [0.4, 0.5) is 0 Å². The van der Waals surface area contributed by atoms with Gasteiger partial charge in [0.25, 0.3) is 0 Å². The number of hydrogen-bond donors (Lipinski definition) is 0. The van der Waals surface area contributed by atoms with Crippen LogP contribution in [0.1, 0.15) is 6.42 Å². The van der Waals surface area contributed by atoms with Gasteiger partial charge >= 0.3 is 0 Å². The molecule has 0 fully saturated rings. The van der Waals surface area contributed by atoms with Gasteiger partial charge in [0.2, 0.25) is 0 Å². The van der Waals surface area contributed by atoms with Crippen molar-refractivity contribution in [1.82, 2.24) is 0 Å². The van der Waals surface area contributed by atoms with Crippen molar-refractivity contribution in [3.8, 4) is 6.07 Å². The fraction of sp³-hybridized carbons (Fsp3) is 0.200. The van der Waals surface area contributed by atoms with E-state index in [0.29, 0.717) is 6.42 Å². The van der Waals surface area contributed by atoms with Crippen LogP contribution in [-0.2, 0) is 0 Å². The van der Waals surface area contributed by atoms with Gasteiger partial charge in [0.05, 0.1) is 23.9 Å². The van der Waals surface area contributed by atoms with Crippen molar-refractivity contribution in [2.24, 2.45) is 4.99 Å². The van der Waals surface area contributed by atoms with E-state index in [1.54, 1.807) is 0 Å². The molecule has 0 aromatic heterocycles. The summed E-state index contributed by atoms with van der Waals surface area (Å²) in [5, 5.41) is 10.6. The van der Waals surface area contributed by atoms with E-state index < -0.39 is 0 Å². The third kappa shape index (κ3) is 1.10. The highest BCUT2D eigenvalue weighted by molar-refractivity contribution is 5.35. The monoisotopic (exact) mass is 156 g/mol. The minimum absolute atomic E-state index is 0.0763. The van der Waals surface area contributed by atoms with Gasteiger partial charge in [-0.2, -0.15) is 5.26 Å². The Kier molecular flexibility index (Phi) is 1.64. The lowest BCUT2D eigenvalue weighted by Gasteiger charge is -1.92. The Morgan fingerprint density at radius 3 is 3.00 bits per heavy atom. The van der Waals surface area contributed by atoms with Crippen molar-refractivity contribution in [2.75, 3.05) is 0 Å². The standard InChI is InChI=1S/C10H8N2/c11-6-5-9-7-8-3-1-2-4-10(8)12-9/h1-4,7,9H,5H2. The van der Waals surface area contributed by atoms with E-state index in [0.717, 1.165) is 10.6 Å². The number of para-hydroxylation sites is 1. The lowest BCUT2D eigenvalue weighted by Crippen LogP contribution is -2.19. The van der Waals surface area contributed by atoms with Crippen LogP contribution in [0.2, 0.25) is 0 Å². The Bertz CT molecular complexity index is 405. The lowest BCUT2D eigenvalue weighted by molar-refractivity contribution is 0.872. The van der Waals surface area contributed by atoms with Crippen LogP contribution in [0.25, 0.3) is 6.08 Å². The molecule has 0 radical (unpaired) electrons. The number of benzene rings is 1. The van der Waals surface area contributed by atoms with E-state index in [2.05, 4.69) is 11.1 Å². The topological polar surface area (TPSA) is 36.1 Å². The minimum atomic E-state index is 0.0763. The van der Waals surface area contributed by atoms with Crippen LogP contribution in [0, 0.1) is 11.3 Å². The summed E-state index contributed by atoms with van der Waals surface area (Å²) >= 11 is 0. The molecule has 2 heteroatoms. The predicted octanol–water partition coefficient (Wildman–Crippen LogP) is 0.383. The van der Waals surface area contributed by atoms with Crippen LogP contribution in [-0.4, -0.2) is 6.04 Å². The van der Waals surface area contributed by atoms with E-state index in [4.69, 9.17) is 5.26 Å². The SMILES string of the molecule is N#CCC1C=c2ccccc2=N1. The highest BCUT2D eigenvalue weighted by atomic mass is 14.8. The van der Waals surface area contributed by atoms with E-state index in [9.17, 15) is 0 Å². The van der Waals surface area contributed by atoms with Crippen molar-refractivity contribution >= 4 is 6.08 Å². The summed E-state index contributed by atoms with van der Waals surface area (Å²) in [7, 11) is 0. The van der Waals surface area contributed by atoms with Gasteiger partial charge in [0, 0.05) is 0 Å². The normalized spacial score (nSPS) is 18.8. The average molecular weight is 156 g/mol. The zero-order chi connectivity index (χ0) is 8.39. The Balaban J connectivity index is 2.48.